The fraction of sp³-hybridized carbons (Fsp3) is 0.667. The van der Waals surface area contributed by atoms with Gasteiger partial charge in [0.05, 0.1) is 25.5 Å². The van der Waals surface area contributed by atoms with Crippen molar-refractivity contribution in [1.29, 1.82) is 0 Å². The van der Waals surface area contributed by atoms with Crippen molar-refractivity contribution < 1.29 is 18.7 Å². The summed E-state index contributed by atoms with van der Waals surface area (Å²) in [6.45, 7) is 6.15. The number of furan rings is 1. The molecule has 6 nitrogen and oxygen atoms in total. The van der Waals surface area contributed by atoms with E-state index in [1.165, 1.54) is 4.90 Å². The molecule has 1 aromatic heterocycles. The second-order valence-electron chi connectivity index (χ2n) is 6.79. The Morgan fingerprint density at radius 3 is 2.68 bits per heavy atom. The van der Waals surface area contributed by atoms with Gasteiger partial charge in [0.15, 0.2) is 0 Å². The minimum Gasteiger partial charge on any atom is -0.467 e. The lowest BCUT2D eigenvalue weighted by Gasteiger charge is -2.29. The average molecular weight is 371 g/mol. The van der Waals surface area contributed by atoms with Crippen LogP contribution in [0.25, 0.3) is 0 Å². The van der Waals surface area contributed by atoms with Crippen molar-refractivity contribution in [2.24, 2.45) is 5.92 Å². The fourth-order valence-corrected chi connectivity index (χ4v) is 3.09. The third-order valence-electron chi connectivity index (χ3n) is 4.11. The maximum Gasteiger partial charge on any atom is 0.242 e. The Morgan fingerprint density at radius 2 is 2.12 bits per heavy atom. The minimum absolute atomic E-state index is 0.0250. The van der Waals surface area contributed by atoms with Crippen LogP contribution >= 0.6 is 11.6 Å². The van der Waals surface area contributed by atoms with E-state index >= 15 is 0 Å². The summed E-state index contributed by atoms with van der Waals surface area (Å²) in [4.78, 5) is 28.2. The zero-order valence-electron chi connectivity index (χ0n) is 14.9. The molecule has 2 amide bonds. The molecule has 2 heterocycles. The summed E-state index contributed by atoms with van der Waals surface area (Å²) in [5.41, 5.74) is 0. The standard InChI is InChI=1S/C18H27ClN2O4/c1-14(2)10-20(17(22)9-19)13-18(23)21(11-15-5-3-7-24-15)12-16-6-4-8-25-16/h3,5,7,14,16H,4,6,8-13H2,1-2H3/t16-/m1/s1. The number of carbonyl (C=O) groups excluding carboxylic acids is 2. The van der Waals surface area contributed by atoms with E-state index in [2.05, 4.69) is 0 Å². The number of nitrogens with zero attached hydrogens (tertiary/aromatic N) is 2. The molecule has 140 valence electrons. The van der Waals surface area contributed by atoms with Crippen LogP contribution in [0.15, 0.2) is 22.8 Å². The van der Waals surface area contributed by atoms with Crippen molar-refractivity contribution in [3.8, 4) is 0 Å². The molecule has 25 heavy (non-hydrogen) atoms. The van der Waals surface area contributed by atoms with Gasteiger partial charge in [0.2, 0.25) is 11.8 Å². The molecule has 7 heteroatoms. The van der Waals surface area contributed by atoms with Crippen LogP contribution in [-0.4, -0.2) is 59.8 Å². The van der Waals surface area contributed by atoms with Crippen LogP contribution in [0.3, 0.4) is 0 Å². The zero-order valence-corrected chi connectivity index (χ0v) is 15.7. The topological polar surface area (TPSA) is 63.0 Å². The highest BCUT2D eigenvalue weighted by Gasteiger charge is 2.26. The van der Waals surface area contributed by atoms with Gasteiger partial charge in [-0.3, -0.25) is 9.59 Å². The molecule has 1 fully saturated rings. The third kappa shape index (κ3) is 6.36. The summed E-state index contributed by atoms with van der Waals surface area (Å²) < 4.78 is 11.0. The lowest BCUT2D eigenvalue weighted by molar-refractivity contribution is -0.141. The van der Waals surface area contributed by atoms with E-state index < -0.39 is 0 Å². The molecule has 1 aliphatic heterocycles. The number of carbonyl (C=O) groups is 2. The van der Waals surface area contributed by atoms with Gasteiger partial charge in [-0.1, -0.05) is 13.8 Å². The average Bonchev–Trinajstić information content (AvgIpc) is 3.26. The smallest absolute Gasteiger partial charge is 0.242 e. The Bertz CT molecular complexity index is 541. The van der Waals surface area contributed by atoms with Crippen LogP contribution in [0, 0.1) is 5.92 Å². The quantitative estimate of drug-likeness (QED) is 0.626. The summed E-state index contributed by atoms with van der Waals surface area (Å²) in [6, 6.07) is 3.64. The van der Waals surface area contributed by atoms with Crippen molar-refractivity contribution in [3.63, 3.8) is 0 Å². The van der Waals surface area contributed by atoms with Crippen LogP contribution in [-0.2, 0) is 20.9 Å². The number of amides is 2. The molecule has 1 saturated heterocycles. The highest BCUT2D eigenvalue weighted by atomic mass is 35.5. The first-order valence-electron chi connectivity index (χ1n) is 8.75. The number of ether oxygens (including phenoxy) is 1. The van der Waals surface area contributed by atoms with E-state index in [4.69, 9.17) is 20.8 Å². The van der Waals surface area contributed by atoms with Crippen molar-refractivity contribution >= 4 is 23.4 Å². The summed E-state index contributed by atoms with van der Waals surface area (Å²) in [6.07, 6.45) is 3.59. The second-order valence-corrected chi connectivity index (χ2v) is 7.06. The molecule has 0 unspecified atom stereocenters. The van der Waals surface area contributed by atoms with E-state index in [-0.39, 0.29) is 36.3 Å². The molecule has 0 N–H and O–H groups in total. The molecule has 1 aromatic rings. The highest BCUT2D eigenvalue weighted by molar-refractivity contribution is 6.27. The predicted molar refractivity (Wildman–Crippen MR) is 95.2 cm³/mol. The molecule has 0 spiro atoms. The van der Waals surface area contributed by atoms with Crippen molar-refractivity contribution in [2.75, 3.05) is 32.1 Å². The molecule has 0 bridgehead atoms. The summed E-state index contributed by atoms with van der Waals surface area (Å²) >= 11 is 5.69. The first-order chi connectivity index (χ1) is 12.0. The number of rotatable bonds is 9. The molecular formula is C18H27ClN2O4. The third-order valence-corrected chi connectivity index (χ3v) is 4.33. The van der Waals surface area contributed by atoms with E-state index in [1.54, 1.807) is 17.2 Å². The maximum absolute atomic E-state index is 12.9. The van der Waals surface area contributed by atoms with E-state index in [1.807, 2.05) is 19.9 Å². The van der Waals surface area contributed by atoms with Crippen molar-refractivity contribution in [1.82, 2.24) is 9.80 Å². The molecule has 0 radical (unpaired) electrons. The normalized spacial score (nSPS) is 17.0. The van der Waals surface area contributed by atoms with Gasteiger partial charge in [0.25, 0.3) is 0 Å². The first-order valence-corrected chi connectivity index (χ1v) is 9.28. The predicted octanol–water partition coefficient (Wildman–Crippen LogP) is 2.51. The van der Waals surface area contributed by atoms with Gasteiger partial charge in [-0.2, -0.15) is 0 Å². The molecular weight excluding hydrogens is 344 g/mol. The zero-order chi connectivity index (χ0) is 18.2. The van der Waals surface area contributed by atoms with Gasteiger partial charge in [0, 0.05) is 19.7 Å². The van der Waals surface area contributed by atoms with E-state index in [0.29, 0.717) is 25.4 Å². The van der Waals surface area contributed by atoms with Crippen LogP contribution in [0.4, 0.5) is 0 Å². The molecule has 0 aliphatic carbocycles. The number of alkyl halides is 1. The van der Waals surface area contributed by atoms with Crippen molar-refractivity contribution in [2.45, 2.75) is 39.3 Å². The van der Waals surface area contributed by atoms with Crippen LogP contribution in [0.5, 0.6) is 0 Å². The number of halogens is 1. The Hall–Kier alpha value is -1.53. The first kappa shape index (κ1) is 19.8. The molecule has 1 atom stereocenters. The highest BCUT2D eigenvalue weighted by Crippen LogP contribution is 2.16. The SMILES string of the molecule is CC(C)CN(CC(=O)N(Cc1ccco1)C[C@H]1CCCO1)C(=O)CCl. The van der Waals surface area contributed by atoms with Gasteiger partial charge in [-0.25, -0.2) is 0 Å². The Balaban J connectivity index is 2.04. The van der Waals surface area contributed by atoms with Crippen molar-refractivity contribution in [3.05, 3.63) is 24.2 Å². The lowest BCUT2D eigenvalue weighted by Crippen LogP contribution is -2.46. The maximum atomic E-state index is 12.9. The van der Waals surface area contributed by atoms with Gasteiger partial charge < -0.3 is 19.0 Å². The van der Waals surface area contributed by atoms with Crippen LogP contribution in [0.1, 0.15) is 32.4 Å². The Kier molecular flexibility index (Phi) is 7.78. The summed E-state index contributed by atoms with van der Waals surface area (Å²) in [5.74, 6) is 0.510. The molecule has 0 saturated carbocycles. The minimum atomic E-state index is -0.223. The van der Waals surface area contributed by atoms with Crippen LogP contribution in [0.2, 0.25) is 0 Å². The Labute approximate surface area is 154 Å². The summed E-state index contributed by atoms with van der Waals surface area (Å²) in [7, 11) is 0. The van der Waals surface area contributed by atoms with Gasteiger partial charge in [-0.15, -0.1) is 11.6 Å². The van der Waals surface area contributed by atoms with Gasteiger partial charge in [0.1, 0.15) is 11.6 Å². The van der Waals surface area contributed by atoms with Gasteiger partial charge >= 0.3 is 0 Å². The number of hydrogen-bond donors (Lipinski definition) is 0. The molecule has 1 aliphatic rings. The summed E-state index contributed by atoms with van der Waals surface area (Å²) in [5, 5.41) is 0. The molecule has 2 rings (SSSR count). The van der Waals surface area contributed by atoms with E-state index in [0.717, 1.165) is 19.4 Å². The van der Waals surface area contributed by atoms with Gasteiger partial charge in [-0.05, 0) is 30.9 Å². The Morgan fingerprint density at radius 1 is 1.32 bits per heavy atom. The monoisotopic (exact) mass is 370 g/mol. The van der Waals surface area contributed by atoms with E-state index in [9.17, 15) is 9.59 Å². The lowest BCUT2D eigenvalue weighted by atomic mass is 10.2. The van der Waals surface area contributed by atoms with Crippen LogP contribution < -0.4 is 0 Å². The fourth-order valence-electron chi connectivity index (χ4n) is 2.92. The largest absolute Gasteiger partial charge is 0.467 e. The number of hydrogen-bond acceptors (Lipinski definition) is 4. The molecule has 0 aromatic carbocycles. The second kappa shape index (κ2) is 9.82.